The van der Waals surface area contributed by atoms with Crippen LogP contribution in [0.25, 0.3) is 89.7 Å². The van der Waals surface area contributed by atoms with Crippen LogP contribution in [-0.4, -0.2) is 59.8 Å². The number of fused-ring (bicyclic) bond motifs is 8. The van der Waals surface area contributed by atoms with Crippen LogP contribution < -0.4 is 37.9 Å². The van der Waals surface area contributed by atoms with Crippen molar-refractivity contribution in [3.05, 3.63) is 240 Å². The molecule has 20 heteroatoms. The lowest BCUT2D eigenvalue weighted by Crippen LogP contribution is -2.12. The largest absolute Gasteiger partial charge is 0.453 e. The SMILES string of the molecule is CCC1c2cc3c4cc2Oc2cc5nc(-c6ccncc6)[nH]c5cc2Oc2cc5c(cc21)C(CC)c1cc2c(cc1Oc1cc6[nH]c(-c7ccncc7)nc6cc1O5)Oc1cc5nc(-c6ccncc6)[nH]c5cc1Oc1cc(c(cc1C2CC)C3CC)Oc1cc2nc(-c3ccncc3)[nH]c2cc1O4. The summed E-state index contributed by atoms with van der Waals surface area (Å²) in [6.45, 7) is 8.86. The monoisotopic (exact) mass is 1360 g/mol. The van der Waals surface area contributed by atoms with Crippen molar-refractivity contribution in [2.24, 2.45) is 0 Å². The van der Waals surface area contributed by atoms with Crippen molar-refractivity contribution >= 4 is 44.1 Å². The van der Waals surface area contributed by atoms with E-state index in [1.165, 1.54) is 0 Å². The summed E-state index contributed by atoms with van der Waals surface area (Å²) < 4.78 is 60.3. The van der Waals surface area contributed by atoms with Crippen LogP contribution in [0.4, 0.5) is 0 Å². The van der Waals surface area contributed by atoms with Gasteiger partial charge in [0.05, 0.1) is 44.1 Å². The lowest BCUT2D eigenvalue weighted by atomic mass is 9.77. The normalized spacial score (nSPS) is 16.3. The van der Waals surface area contributed by atoms with Crippen LogP contribution >= 0.6 is 0 Å². The van der Waals surface area contributed by atoms with Crippen LogP contribution in [0.1, 0.15) is 122 Å². The van der Waals surface area contributed by atoms with E-state index in [4.69, 9.17) is 57.8 Å². The second kappa shape index (κ2) is 23.1. The van der Waals surface area contributed by atoms with Crippen molar-refractivity contribution < 1.29 is 37.9 Å². The number of rotatable bonds is 8. The predicted octanol–water partition coefficient (Wildman–Crippen LogP) is 21.5. The molecule has 0 amide bonds. The molecule has 0 radical (unpaired) electrons. The fourth-order valence-electron chi connectivity index (χ4n) is 15.9. The summed E-state index contributed by atoms with van der Waals surface area (Å²) in [7, 11) is 0. The highest BCUT2D eigenvalue weighted by Crippen LogP contribution is 2.60. The Morgan fingerprint density at radius 3 is 0.596 bits per heavy atom. The van der Waals surface area contributed by atoms with Gasteiger partial charge >= 0.3 is 0 Å². The minimum Gasteiger partial charge on any atom is -0.453 e. The number of imidazole rings is 4. The van der Waals surface area contributed by atoms with Crippen molar-refractivity contribution in [3.8, 4) is 138 Å². The summed E-state index contributed by atoms with van der Waals surface area (Å²) >= 11 is 0. The second-order valence-corrected chi connectivity index (χ2v) is 26.9. The molecular formula is C84H60N12O8. The number of nitrogens with one attached hydrogen (secondary N) is 4. The smallest absolute Gasteiger partial charge is 0.172 e. The number of aromatic amines is 4. The van der Waals surface area contributed by atoms with Crippen LogP contribution in [0.3, 0.4) is 0 Å². The Labute approximate surface area is 593 Å². The van der Waals surface area contributed by atoms with E-state index in [2.05, 4.69) is 116 Å². The van der Waals surface area contributed by atoms with Crippen molar-refractivity contribution in [3.63, 3.8) is 0 Å². The van der Waals surface area contributed by atoms with Crippen molar-refractivity contribution in [1.29, 1.82) is 0 Å². The van der Waals surface area contributed by atoms with E-state index in [-0.39, 0.29) is 23.7 Å². The second-order valence-electron chi connectivity index (χ2n) is 26.9. The van der Waals surface area contributed by atoms with E-state index in [0.717, 1.165) is 88.8 Å². The maximum Gasteiger partial charge on any atom is 0.172 e. The number of hydrogen-bond acceptors (Lipinski definition) is 16. The van der Waals surface area contributed by atoms with Crippen molar-refractivity contribution in [1.82, 2.24) is 59.8 Å². The summed E-state index contributed by atoms with van der Waals surface area (Å²) in [6, 6.07) is 48.5. The Balaban J connectivity index is 0.876. The minimum atomic E-state index is -0.358. The van der Waals surface area contributed by atoms with Gasteiger partial charge in [-0.1, -0.05) is 27.7 Å². The minimum absolute atomic E-state index is 0.358. The van der Waals surface area contributed by atoms with Gasteiger partial charge in [-0.2, -0.15) is 0 Å². The zero-order valence-corrected chi connectivity index (χ0v) is 56.5. The van der Waals surface area contributed by atoms with Gasteiger partial charge in [-0.3, -0.25) is 19.9 Å². The van der Waals surface area contributed by atoms with Crippen molar-refractivity contribution in [2.45, 2.75) is 77.0 Å². The zero-order valence-electron chi connectivity index (χ0n) is 56.5. The number of benzene rings is 8. The topological polar surface area (TPSA) is 240 Å². The molecule has 21 rings (SSSR count). The number of nitrogens with zero attached hydrogens (tertiary/aromatic N) is 8. The first kappa shape index (κ1) is 59.5. The lowest BCUT2D eigenvalue weighted by molar-refractivity contribution is 0.401. The molecule has 0 fully saturated rings. The molecule has 8 aromatic carbocycles. The molecular weight excluding hydrogens is 1300 g/mol. The van der Waals surface area contributed by atoms with Crippen LogP contribution in [0.5, 0.6) is 92.0 Å². The lowest BCUT2D eigenvalue weighted by Gasteiger charge is -2.29. The van der Waals surface area contributed by atoms with Crippen LogP contribution in [0.2, 0.25) is 0 Å². The average Bonchev–Trinajstić information content (AvgIpc) is 1.40. The molecule has 1 aliphatic carbocycles. The van der Waals surface area contributed by atoms with E-state index < -0.39 is 0 Å². The molecule has 4 aliphatic heterocycles. The van der Waals surface area contributed by atoms with Gasteiger partial charge in [0.25, 0.3) is 0 Å². The van der Waals surface area contributed by atoms with E-state index in [1.807, 2.05) is 97.1 Å². The van der Waals surface area contributed by atoms with Gasteiger partial charge in [-0.15, -0.1) is 0 Å². The standard InChI is InChI=1S/C84H60N12O8/c1-5-45-49-25-51-46(6-2)53-27-55-48(8-4)56-28-54-47(7-3)52-26-50(45)66-38-68(52)100-76-32-60-62(94-83(92-60)43-13-21-87-22-14-43)34-78(76)102-70(54)40-72(56)104-80-36-64-63(95-84(96-64)44-15-23-88-24-16-44)35-79(80)103-71(55)39-69(53)101-77-33-61-59(91-82(93-61)42-11-19-86-20-12-42)31-75(77)99-67(51)37-65(49)97-73-29-57-58(30-74(73)98-66)90-81(89-57)41-9-17-85-18-10-41/h9-40,45-48H,5-8H2,1-4H3,(H,89,90)(H,91,93)(H,92,94)(H,95,96). The van der Waals surface area contributed by atoms with Gasteiger partial charge in [0.1, 0.15) is 69.3 Å². The maximum absolute atomic E-state index is 7.54. The molecule has 4 unspecified atom stereocenters. The number of H-pyrrole nitrogens is 4. The first-order valence-corrected chi connectivity index (χ1v) is 35.1. The number of ether oxygens (including phenoxy) is 8. The molecule has 104 heavy (non-hydrogen) atoms. The van der Waals surface area contributed by atoms with Crippen molar-refractivity contribution in [2.75, 3.05) is 0 Å². The molecule has 0 spiro atoms. The highest BCUT2D eigenvalue weighted by atomic mass is 16.5. The third kappa shape index (κ3) is 9.58. The molecule has 8 bridgehead atoms. The molecule has 504 valence electrons. The van der Waals surface area contributed by atoms with E-state index >= 15 is 0 Å². The summed E-state index contributed by atoms with van der Waals surface area (Å²) in [6.07, 6.45) is 16.5. The molecule has 20 nitrogen and oxygen atoms in total. The van der Waals surface area contributed by atoms with Gasteiger partial charge in [0, 0.05) is 213 Å². The Morgan fingerprint density at radius 2 is 0.413 bits per heavy atom. The molecule has 0 saturated heterocycles. The van der Waals surface area contributed by atoms with Crippen LogP contribution in [-0.2, 0) is 0 Å². The van der Waals surface area contributed by atoms with Gasteiger partial charge in [0.15, 0.2) is 46.0 Å². The Kier molecular flexibility index (Phi) is 13.2. The quantitative estimate of drug-likeness (QED) is 0.111. The molecule has 8 aromatic heterocycles. The first-order chi connectivity index (χ1) is 51.2. The molecule has 4 N–H and O–H groups in total. The average molecular weight is 1370 g/mol. The Hall–Kier alpha value is -13.4. The van der Waals surface area contributed by atoms with E-state index in [0.29, 0.717) is 163 Å². The van der Waals surface area contributed by atoms with Gasteiger partial charge in [0.2, 0.25) is 0 Å². The van der Waals surface area contributed by atoms with Gasteiger partial charge in [-0.05, 0) is 98.5 Å². The van der Waals surface area contributed by atoms with Gasteiger partial charge < -0.3 is 57.8 Å². The van der Waals surface area contributed by atoms with Gasteiger partial charge in [-0.25, -0.2) is 19.9 Å². The summed E-state index contributed by atoms with van der Waals surface area (Å²) in [5.41, 5.74) is 16.4. The van der Waals surface area contributed by atoms with E-state index in [1.54, 1.807) is 49.6 Å². The number of pyridine rings is 4. The highest BCUT2D eigenvalue weighted by molar-refractivity contribution is 5.88. The summed E-state index contributed by atoms with van der Waals surface area (Å²) in [5.74, 6) is 9.25. The molecule has 16 aromatic rings. The third-order valence-corrected chi connectivity index (χ3v) is 21.0. The number of hydrogen-bond donors (Lipinski definition) is 4. The first-order valence-electron chi connectivity index (χ1n) is 35.1. The van der Waals surface area contributed by atoms with Crippen LogP contribution in [0.15, 0.2) is 195 Å². The third-order valence-electron chi connectivity index (χ3n) is 21.0. The fourth-order valence-corrected chi connectivity index (χ4v) is 15.9. The maximum atomic E-state index is 7.54. The highest BCUT2D eigenvalue weighted by Gasteiger charge is 2.39. The molecule has 4 atom stereocenters. The number of aromatic nitrogens is 12. The summed E-state index contributed by atoms with van der Waals surface area (Å²) in [4.78, 5) is 52.1. The van der Waals surface area contributed by atoms with E-state index in [9.17, 15) is 0 Å². The Morgan fingerprint density at radius 1 is 0.231 bits per heavy atom. The molecule has 5 aliphatic rings. The molecule has 12 heterocycles. The predicted molar refractivity (Wildman–Crippen MR) is 392 cm³/mol. The zero-order chi connectivity index (χ0) is 69.0. The summed E-state index contributed by atoms with van der Waals surface area (Å²) in [5, 5.41) is 0. The van der Waals surface area contributed by atoms with Crippen LogP contribution in [0, 0.1) is 0 Å². The molecule has 0 saturated carbocycles. The fraction of sp³-hybridized carbons (Fsp3) is 0.143. The Bertz CT molecular complexity index is 5220.